The summed E-state index contributed by atoms with van der Waals surface area (Å²) in [6.45, 7) is 0.457. The van der Waals surface area contributed by atoms with Crippen molar-refractivity contribution in [3.63, 3.8) is 0 Å². The van der Waals surface area contributed by atoms with E-state index in [1.54, 1.807) is 43.3 Å². The standard InChI is InChI=1S/C32H36O14/c1-2-19-20-12-26(36)41-10-9-16-3-8-22(34)24(11-16)44-18-6-4-17(5-7-18)23(35)15-42-30(40)21(20)14-43-31(19)46-32-29(39)28(38)27(37)25(13-33)45-32/h2-8,11,14,20,23,25,27-29,31-35,37-39H,9-10,12-13,15H2,1H3/b19-2+/t20-,23?,25+,27+,28-,29+,31-,32-/m0/s1. The first-order chi connectivity index (χ1) is 22.1. The number of esters is 2. The fraction of sp³-hybridized carbons (Fsp3) is 0.438. The van der Waals surface area contributed by atoms with E-state index in [2.05, 4.69) is 0 Å². The molecule has 1 saturated heterocycles. The first kappa shape index (κ1) is 33.3. The van der Waals surface area contributed by atoms with E-state index < -0.39 is 74.2 Å². The number of ether oxygens (including phenoxy) is 6. The molecule has 46 heavy (non-hydrogen) atoms. The SMILES string of the molecule is C/C=C1/[C@H](O[C@@H]2O[C@H](CO)[C@@H](O)[C@H](O)[C@H]2O)OC=C2C(=O)OCC(O)c3ccc(cc3)Oc3cc(ccc3O)CCOC(=O)C[C@H]21. The Kier molecular flexibility index (Phi) is 10.6. The van der Waals surface area contributed by atoms with Gasteiger partial charge in [0.25, 0.3) is 0 Å². The van der Waals surface area contributed by atoms with E-state index in [9.17, 15) is 40.2 Å². The molecule has 4 bridgehead atoms. The average Bonchev–Trinajstić information content (AvgIpc) is 3.05. The van der Waals surface area contributed by atoms with Crippen molar-refractivity contribution < 1.29 is 68.6 Å². The van der Waals surface area contributed by atoms with E-state index in [1.165, 1.54) is 12.1 Å². The summed E-state index contributed by atoms with van der Waals surface area (Å²) in [6, 6.07) is 11.1. The highest BCUT2D eigenvalue weighted by atomic mass is 16.8. The summed E-state index contributed by atoms with van der Waals surface area (Å²) in [5, 5.41) is 61.3. The topological polar surface area (TPSA) is 211 Å². The first-order valence-corrected chi connectivity index (χ1v) is 14.7. The molecule has 6 rings (SSSR count). The Labute approximate surface area is 263 Å². The molecule has 4 aliphatic heterocycles. The van der Waals surface area contributed by atoms with Gasteiger partial charge in [-0.2, -0.15) is 0 Å². The Morgan fingerprint density at radius 1 is 0.978 bits per heavy atom. The predicted molar refractivity (Wildman–Crippen MR) is 155 cm³/mol. The monoisotopic (exact) mass is 644 g/mol. The van der Waals surface area contributed by atoms with Crippen molar-refractivity contribution in [2.24, 2.45) is 5.92 Å². The minimum Gasteiger partial charge on any atom is -0.504 e. The van der Waals surface area contributed by atoms with Crippen LogP contribution < -0.4 is 4.74 Å². The normalized spacial score (nSPS) is 31.6. The van der Waals surface area contributed by atoms with Gasteiger partial charge >= 0.3 is 11.9 Å². The quantitative estimate of drug-likeness (QED) is 0.202. The summed E-state index contributed by atoms with van der Waals surface area (Å²) < 4.78 is 33.6. The van der Waals surface area contributed by atoms with Gasteiger partial charge in [0.1, 0.15) is 42.9 Å². The van der Waals surface area contributed by atoms with Gasteiger partial charge in [-0.3, -0.25) is 4.79 Å². The van der Waals surface area contributed by atoms with Crippen molar-refractivity contribution >= 4 is 11.9 Å². The molecular weight excluding hydrogens is 608 g/mol. The van der Waals surface area contributed by atoms with Gasteiger partial charge in [-0.25, -0.2) is 4.79 Å². The Morgan fingerprint density at radius 3 is 2.46 bits per heavy atom. The zero-order valence-corrected chi connectivity index (χ0v) is 24.8. The van der Waals surface area contributed by atoms with Crippen LogP contribution in [0.3, 0.4) is 0 Å². The molecule has 0 saturated carbocycles. The van der Waals surface area contributed by atoms with E-state index in [-0.39, 0.29) is 42.1 Å². The van der Waals surface area contributed by atoms with Gasteiger partial charge in [0.05, 0.1) is 31.5 Å². The number of aliphatic hydroxyl groups is 5. The maximum absolute atomic E-state index is 13.3. The number of carbonyl (C=O) groups is 2. The zero-order valence-electron chi connectivity index (χ0n) is 24.8. The molecular formula is C32H36O14. The third kappa shape index (κ3) is 7.34. The Morgan fingerprint density at radius 2 is 1.74 bits per heavy atom. The summed E-state index contributed by atoms with van der Waals surface area (Å²) in [6.07, 6.45) is -7.88. The lowest BCUT2D eigenvalue weighted by Gasteiger charge is -2.42. The number of phenols is 1. The van der Waals surface area contributed by atoms with Gasteiger partial charge in [-0.15, -0.1) is 0 Å². The first-order valence-electron chi connectivity index (χ1n) is 14.7. The number of fused-ring (bicyclic) bond motifs is 9. The van der Waals surface area contributed by atoms with Crippen LogP contribution in [0.2, 0.25) is 0 Å². The number of aliphatic hydroxyl groups excluding tert-OH is 5. The maximum Gasteiger partial charge on any atom is 0.337 e. The van der Waals surface area contributed by atoms with Crippen LogP contribution in [0, 0.1) is 5.92 Å². The van der Waals surface area contributed by atoms with Crippen molar-refractivity contribution in [2.75, 3.05) is 19.8 Å². The van der Waals surface area contributed by atoms with Crippen LogP contribution in [-0.4, -0.2) is 99.4 Å². The van der Waals surface area contributed by atoms with Crippen LogP contribution in [0.25, 0.3) is 0 Å². The maximum atomic E-state index is 13.3. The third-order valence-electron chi connectivity index (χ3n) is 7.96. The highest BCUT2D eigenvalue weighted by molar-refractivity contribution is 5.91. The number of phenolic OH excluding ortho intramolecular Hbond substituents is 1. The van der Waals surface area contributed by atoms with Gasteiger partial charge in [-0.05, 0) is 42.3 Å². The Bertz CT molecular complexity index is 1450. The molecule has 2 aromatic carbocycles. The Balaban J connectivity index is 1.41. The highest BCUT2D eigenvalue weighted by Crippen LogP contribution is 2.37. The molecule has 1 fully saturated rings. The average molecular weight is 645 g/mol. The van der Waals surface area contributed by atoms with E-state index in [4.69, 9.17) is 28.4 Å². The Hall–Kier alpha value is -4.02. The fourth-order valence-electron chi connectivity index (χ4n) is 5.33. The van der Waals surface area contributed by atoms with Gasteiger partial charge < -0.3 is 59.1 Å². The number of rotatable bonds is 3. The van der Waals surface area contributed by atoms with Crippen molar-refractivity contribution in [3.8, 4) is 17.2 Å². The van der Waals surface area contributed by atoms with Gasteiger partial charge in [0, 0.05) is 17.9 Å². The van der Waals surface area contributed by atoms with Crippen molar-refractivity contribution in [1.29, 1.82) is 0 Å². The molecule has 14 heteroatoms. The van der Waals surface area contributed by atoms with Crippen LogP contribution in [0.5, 0.6) is 17.2 Å². The lowest BCUT2D eigenvalue weighted by atomic mass is 9.86. The van der Waals surface area contributed by atoms with Crippen molar-refractivity contribution in [3.05, 3.63) is 77.1 Å². The second-order valence-electron chi connectivity index (χ2n) is 11.0. The van der Waals surface area contributed by atoms with Gasteiger partial charge in [0.15, 0.2) is 17.8 Å². The molecule has 14 nitrogen and oxygen atoms in total. The van der Waals surface area contributed by atoms with E-state index in [0.29, 0.717) is 16.9 Å². The van der Waals surface area contributed by atoms with E-state index in [1.807, 2.05) is 0 Å². The lowest BCUT2D eigenvalue weighted by molar-refractivity contribution is -0.327. The summed E-state index contributed by atoms with van der Waals surface area (Å²) >= 11 is 0. The van der Waals surface area contributed by atoms with Crippen LogP contribution >= 0.6 is 0 Å². The lowest BCUT2D eigenvalue weighted by Crippen LogP contribution is -2.60. The third-order valence-corrected chi connectivity index (χ3v) is 7.96. The molecule has 0 aromatic heterocycles. The molecule has 1 unspecified atom stereocenters. The summed E-state index contributed by atoms with van der Waals surface area (Å²) in [4.78, 5) is 26.4. The summed E-state index contributed by atoms with van der Waals surface area (Å²) in [5.41, 5.74) is 1.32. The molecule has 4 aliphatic rings. The molecule has 8 atom stereocenters. The summed E-state index contributed by atoms with van der Waals surface area (Å²) in [7, 11) is 0. The second kappa shape index (κ2) is 14.6. The smallest absolute Gasteiger partial charge is 0.337 e. The van der Waals surface area contributed by atoms with Gasteiger partial charge in [0.2, 0.25) is 6.29 Å². The molecule has 0 radical (unpaired) electrons. The van der Waals surface area contributed by atoms with Crippen molar-refractivity contribution in [1.82, 2.24) is 0 Å². The number of aromatic hydroxyl groups is 1. The number of hydrogen-bond acceptors (Lipinski definition) is 14. The van der Waals surface area contributed by atoms with Crippen LogP contribution in [0.4, 0.5) is 0 Å². The minimum absolute atomic E-state index is 0.0351. The van der Waals surface area contributed by atoms with Crippen LogP contribution in [0.15, 0.2) is 65.9 Å². The minimum atomic E-state index is -1.73. The molecule has 4 heterocycles. The van der Waals surface area contributed by atoms with E-state index >= 15 is 0 Å². The predicted octanol–water partition coefficient (Wildman–Crippen LogP) is 0.870. The number of benzene rings is 2. The zero-order chi connectivity index (χ0) is 33.0. The fourth-order valence-corrected chi connectivity index (χ4v) is 5.33. The molecule has 0 aliphatic carbocycles. The molecule has 248 valence electrons. The molecule has 0 spiro atoms. The summed E-state index contributed by atoms with van der Waals surface area (Å²) in [5.74, 6) is -2.09. The largest absolute Gasteiger partial charge is 0.504 e. The van der Waals surface area contributed by atoms with Gasteiger partial charge in [-0.1, -0.05) is 24.3 Å². The number of allylic oxidation sites excluding steroid dienone is 1. The van der Waals surface area contributed by atoms with Crippen LogP contribution in [0.1, 0.15) is 30.6 Å². The second-order valence-corrected chi connectivity index (χ2v) is 11.0. The highest BCUT2D eigenvalue weighted by Gasteiger charge is 2.47. The number of hydrogen-bond donors (Lipinski definition) is 6. The molecule has 6 N–H and O–H groups in total. The number of carbonyl (C=O) groups excluding carboxylic acids is 2. The molecule has 2 aromatic rings. The van der Waals surface area contributed by atoms with E-state index in [0.717, 1.165) is 6.26 Å². The van der Waals surface area contributed by atoms with Crippen LogP contribution in [-0.2, 0) is 39.7 Å². The molecule has 0 amide bonds. The van der Waals surface area contributed by atoms with Crippen molar-refractivity contribution in [2.45, 2.75) is 62.9 Å².